The minimum Gasteiger partial charge on any atom is -0.497 e. The maximum absolute atomic E-state index is 12.9. The van der Waals surface area contributed by atoms with Crippen molar-refractivity contribution < 1.29 is 33.0 Å². The fourth-order valence-electron chi connectivity index (χ4n) is 3.62. The summed E-state index contributed by atoms with van der Waals surface area (Å²) >= 11 is 0. The molecule has 0 unspecified atom stereocenters. The van der Waals surface area contributed by atoms with Crippen molar-refractivity contribution >= 4 is 12.1 Å². The molecule has 0 spiro atoms. The summed E-state index contributed by atoms with van der Waals surface area (Å²) < 4.78 is 26.8. The first-order valence-electron chi connectivity index (χ1n) is 12.4. The lowest BCUT2D eigenvalue weighted by Gasteiger charge is -2.21. The lowest BCUT2D eigenvalue weighted by molar-refractivity contribution is -0.141. The zero-order valence-corrected chi connectivity index (χ0v) is 22.4. The van der Waals surface area contributed by atoms with Gasteiger partial charge in [0.1, 0.15) is 36.2 Å². The van der Waals surface area contributed by atoms with Crippen LogP contribution < -0.4 is 14.2 Å². The molecule has 0 aliphatic heterocycles. The molecule has 1 amide bonds. The summed E-state index contributed by atoms with van der Waals surface area (Å²) in [6, 6.07) is 23.3. The van der Waals surface area contributed by atoms with Gasteiger partial charge in [0.05, 0.1) is 14.2 Å². The predicted octanol–water partition coefficient (Wildman–Crippen LogP) is 5.26. The second-order valence-corrected chi connectivity index (χ2v) is 8.50. The van der Waals surface area contributed by atoms with Gasteiger partial charge in [-0.15, -0.1) is 0 Å². The zero-order valence-electron chi connectivity index (χ0n) is 22.4. The van der Waals surface area contributed by atoms with Crippen LogP contribution in [0.15, 0.2) is 83.3 Å². The second kappa shape index (κ2) is 13.5. The van der Waals surface area contributed by atoms with E-state index in [1.165, 1.54) is 12.0 Å². The van der Waals surface area contributed by atoms with Crippen LogP contribution in [-0.4, -0.2) is 49.3 Å². The first-order valence-corrected chi connectivity index (χ1v) is 12.4. The summed E-state index contributed by atoms with van der Waals surface area (Å²) in [7, 11) is 2.80. The van der Waals surface area contributed by atoms with Gasteiger partial charge in [-0.2, -0.15) is 0 Å². The van der Waals surface area contributed by atoms with E-state index in [2.05, 4.69) is 16.8 Å². The Morgan fingerprint density at radius 1 is 0.925 bits per heavy atom. The Labute approximate surface area is 232 Å². The Hall–Kier alpha value is -5.23. The van der Waals surface area contributed by atoms with Crippen LogP contribution in [0.3, 0.4) is 0 Å². The molecule has 0 aliphatic rings. The number of amides is 1. The van der Waals surface area contributed by atoms with Gasteiger partial charge in [-0.25, -0.2) is 9.78 Å². The van der Waals surface area contributed by atoms with Crippen molar-refractivity contribution in [1.29, 1.82) is 0 Å². The zero-order chi connectivity index (χ0) is 28.3. The highest BCUT2D eigenvalue weighted by Crippen LogP contribution is 2.21. The van der Waals surface area contributed by atoms with E-state index >= 15 is 0 Å². The van der Waals surface area contributed by atoms with Crippen LogP contribution in [0, 0.1) is 18.8 Å². The van der Waals surface area contributed by atoms with Gasteiger partial charge < -0.3 is 23.4 Å². The summed E-state index contributed by atoms with van der Waals surface area (Å²) in [5, 5.41) is 0. The molecule has 4 aromatic rings. The molecule has 1 heterocycles. The molecule has 0 radical (unpaired) electrons. The highest BCUT2D eigenvalue weighted by molar-refractivity contribution is 5.79. The molecule has 4 rings (SSSR count). The van der Waals surface area contributed by atoms with E-state index in [1.807, 2.05) is 43.3 Å². The summed E-state index contributed by atoms with van der Waals surface area (Å²) in [6.45, 7) is 1.73. The fraction of sp³-hybridized carbons (Fsp3) is 0.194. The third kappa shape index (κ3) is 7.65. The number of hydrogen-bond donors (Lipinski definition) is 0. The number of nitrogens with zero attached hydrogens (tertiary/aromatic N) is 2. The minimum absolute atomic E-state index is 0.0906. The highest BCUT2D eigenvalue weighted by atomic mass is 16.6. The van der Waals surface area contributed by atoms with Crippen molar-refractivity contribution in [2.24, 2.45) is 0 Å². The average Bonchev–Trinajstić information content (AvgIpc) is 3.36. The largest absolute Gasteiger partial charge is 0.497 e. The molecule has 0 atom stereocenters. The molecule has 9 nitrogen and oxygen atoms in total. The SMILES string of the molecule is COC(=O)CN(Cc1cccc(OCC#Cc2nc(-c3ccccc3)oc2C)c1)C(=O)Oc1ccc(OC)cc1. The quantitative estimate of drug-likeness (QED) is 0.209. The Kier molecular flexibility index (Phi) is 9.40. The number of methoxy groups -OCH3 is 2. The number of esters is 1. The van der Waals surface area contributed by atoms with E-state index in [4.69, 9.17) is 23.4 Å². The third-order valence-electron chi connectivity index (χ3n) is 5.68. The van der Waals surface area contributed by atoms with E-state index in [9.17, 15) is 9.59 Å². The molecule has 0 saturated carbocycles. The van der Waals surface area contributed by atoms with Crippen molar-refractivity contribution in [3.63, 3.8) is 0 Å². The van der Waals surface area contributed by atoms with Crippen molar-refractivity contribution in [3.05, 3.63) is 95.9 Å². The van der Waals surface area contributed by atoms with Crippen LogP contribution in [-0.2, 0) is 16.1 Å². The molecule has 0 N–H and O–H groups in total. The monoisotopic (exact) mass is 540 g/mol. The molecule has 0 aliphatic carbocycles. The van der Waals surface area contributed by atoms with Gasteiger partial charge in [0, 0.05) is 12.1 Å². The van der Waals surface area contributed by atoms with Gasteiger partial charge in [-0.05, 0) is 66.9 Å². The molecule has 0 fully saturated rings. The van der Waals surface area contributed by atoms with Crippen LogP contribution in [0.5, 0.6) is 17.2 Å². The summed E-state index contributed by atoms with van der Waals surface area (Å²) in [5.41, 5.74) is 2.15. The van der Waals surface area contributed by atoms with Crippen LogP contribution in [0.25, 0.3) is 11.5 Å². The molecule has 40 heavy (non-hydrogen) atoms. The molecular formula is C31H28N2O7. The van der Waals surface area contributed by atoms with E-state index in [0.29, 0.717) is 34.6 Å². The number of hydrogen-bond acceptors (Lipinski definition) is 8. The molecule has 0 saturated heterocycles. The molecule has 1 aromatic heterocycles. The molecule has 3 aromatic carbocycles. The number of carbonyl (C=O) groups is 2. The first-order chi connectivity index (χ1) is 19.4. The highest BCUT2D eigenvalue weighted by Gasteiger charge is 2.20. The van der Waals surface area contributed by atoms with Crippen molar-refractivity contribution in [3.8, 4) is 40.5 Å². The van der Waals surface area contributed by atoms with Crippen LogP contribution >= 0.6 is 0 Å². The summed E-state index contributed by atoms with van der Waals surface area (Å²) in [6.07, 6.45) is -0.703. The van der Waals surface area contributed by atoms with E-state index < -0.39 is 12.1 Å². The molecule has 9 heteroatoms. The van der Waals surface area contributed by atoms with Crippen LogP contribution in [0.2, 0.25) is 0 Å². The van der Waals surface area contributed by atoms with Crippen LogP contribution in [0.4, 0.5) is 4.79 Å². The Balaban J connectivity index is 1.39. The van der Waals surface area contributed by atoms with Crippen molar-refractivity contribution in [2.75, 3.05) is 27.4 Å². The average molecular weight is 541 g/mol. The number of benzene rings is 3. The standard InChI is InChI=1S/C31H28N2O7/c1-22-28(32-30(39-22)24-10-5-4-6-11-24)13-8-18-38-27-12-7-9-23(19-27)20-33(21-29(34)37-3)31(35)40-26-16-14-25(36-2)15-17-26/h4-7,9-12,14-17,19H,18,20-21H2,1-3H3. The molecular weight excluding hydrogens is 512 g/mol. The minimum atomic E-state index is -0.703. The Bertz CT molecular complexity index is 1500. The molecule has 0 bridgehead atoms. The number of oxazole rings is 1. The topological polar surface area (TPSA) is 100 Å². The maximum Gasteiger partial charge on any atom is 0.416 e. The molecule has 204 valence electrons. The Morgan fingerprint density at radius 3 is 2.40 bits per heavy atom. The van der Waals surface area contributed by atoms with Crippen LogP contribution in [0.1, 0.15) is 17.0 Å². The number of rotatable bonds is 9. The van der Waals surface area contributed by atoms with Crippen molar-refractivity contribution in [2.45, 2.75) is 13.5 Å². The second-order valence-electron chi connectivity index (χ2n) is 8.50. The van der Waals surface area contributed by atoms with Gasteiger partial charge >= 0.3 is 12.1 Å². The smallest absolute Gasteiger partial charge is 0.416 e. The normalized spacial score (nSPS) is 10.2. The number of carbonyl (C=O) groups excluding carboxylic acids is 2. The Morgan fingerprint density at radius 2 is 1.68 bits per heavy atom. The maximum atomic E-state index is 12.9. The number of aromatic nitrogens is 1. The van der Waals surface area contributed by atoms with Gasteiger partial charge in [0.25, 0.3) is 0 Å². The van der Waals surface area contributed by atoms with E-state index in [1.54, 1.807) is 49.6 Å². The predicted molar refractivity (Wildman–Crippen MR) is 147 cm³/mol. The summed E-state index contributed by atoms with van der Waals surface area (Å²) in [4.78, 5) is 30.6. The lowest BCUT2D eigenvalue weighted by Crippen LogP contribution is -2.37. The number of aryl methyl sites for hydroxylation is 1. The van der Waals surface area contributed by atoms with Crippen molar-refractivity contribution in [1.82, 2.24) is 9.88 Å². The third-order valence-corrected chi connectivity index (χ3v) is 5.68. The van der Waals surface area contributed by atoms with E-state index in [-0.39, 0.29) is 19.7 Å². The summed E-state index contributed by atoms with van der Waals surface area (Å²) in [5.74, 6) is 7.99. The van der Waals surface area contributed by atoms with Gasteiger partial charge in [0.2, 0.25) is 5.89 Å². The fourth-order valence-corrected chi connectivity index (χ4v) is 3.62. The lowest BCUT2D eigenvalue weighted by atomic mass is 10.2. The number of ether oxygens (including phenoxy) is 4. The first kappa shape index (κ1) is 27.8. The van der Waals surface area contributed by atoms with Gasteiger partial charge in [0.15, 0.2) is 5.69 Å². The van der Waals surface area contributed by atoms with Gasteiger partial charge in [-0.1, -0.05) is 36.3 Å². The van der Waals surface area contributed by atoms with Gasteiger partial charge in [-0.3, -0.25) is 9.69 Å². The van der Waals surface area contributed by atoms with E-state index in [0.717, 1.165) is 11.1 Å².